The Morgan fingerprint density at radius 1 is 0.495 bits per heavy atom. The summed E-state index contributed by atoms with van der Waals surface area (Å²) in [5.74, 6) is -12.4. The normalized spacial score (nSPS) is 14.8. The highest BCUT2D eigenvalue weighted by Gasteiger charge is 2.35. The summed E-state index contributed by atoms with van der Waals surface area (Å²) in [7, 11) is 0. The number of primary amides is 2. The van der Waals surface area contributed by atoms with E-state index in [-0.39, 0.29) is 25.0 Å². The SMILES string of the molecule is CCC(C)[C@H](NC(=O)CNC(=O)[C@H](C)NC(=O)[C@H](Cc1c[nH]c2ccccc12)NC(=O)[C@H](Cc1c[nH]c2ccccc12)NC(=O)[C@H](CS)NC(=O)[C@H](C)N)C(=O)N[C@@H](C)C(=O)N[C@@H](CCC(N)=O)C(=O)N[C@@H](CCC(=O)O)C(=O)N[C@@H](Cc1ccccc1)C(N)=O. The van der Waals surface area contributed by atoms with Gasteiger partial charge in [0.15, 0.2) is 0 Å². The Kier molecular flexibility index (Phi) is 27.5. The molecule has 5 rings (SSSR count). The molecular formula is C61H81N15O14S. The first-order valence-corrected chi connectivity index (χ1v) is 30.1. The smallest absolute Gasteiger partial charge is 0.303 e. The number of carbonyl (C=O) groups excluding carboxylic acids is 12. The highest BCUT2D eigenvalue weighted by molar-refractivity contribution is 7.80. The number of aromatic amines is 2. The number of aromatic nitrogens is 2. The van der Waals surface area contributed by atoms with Crippen molar-refractivity contribution in [3.63, 3.8) is 0 Å². The molecule has 2 aromatic heterocycles. The quantitative estimate of drug-likeness (QED) is 0.0196. The van der Waals surface area contributed by atoms with Crippen LogP contribution in [-0.4, -0.2) is 165 Å². The van der Waals surface area contributed by atoms with Crippen molar-refractivity contribution in [2.24, 2.45) is 23.1 Å². The second-order valence-corrected chi connectivity index (χ2v) is 22.5. The Labute approximate surface area is 529 Å². The molecule has 0 saturated heterocycles. The molecule has 30 heteroatoms. The number of hydrogen-bond donors (Lipinski definition) is 17. The molecule has 0 fully saturated rings. The molecule has 1 unspecified atom stereocenters. The van der Waals surface area contributed by atoms with Crippen LogP contribution in [0.15, 0.2) is 91.3 Å². The van der Waals surface area contributed by atoms with Crippen LogP contribution >= 0.6 is 12.6 Å². The highest BCUT2D eigenvalue weighted by atomic mass is 32.1. The molecule has 0 spiro atoms. The lowest BCUT2D eigenvalue weighted by Gasteiger charge is -2.27. The molecule has 0 aliphatic heterocycles. The third kappa shape index (κ3) is 22.0. The summed E-state index contributed by atoms with van der Waals surface area (Å²) in [5, 5.41) is 36.2. The summed E-state index contributed by atoms with van der Waals surface area (Å²) >= 11 is 4.25. The van der Waals surface area contributed by atoms with Crippen LogP contribution in [0, 0.1) is 5.92 Å². The van der Waals surface area contributed by atoms with Crippen LogP contribution < -0.4 is 70.4 Å². The number of aliphatic carboxylic acids is 1. The van der Waals surface area contributed by atoms with Crippen molar-refractivity contribution in [2.75, 3.05) is 12.3 Å². The van der Waals surface area contributed by atoms with Crippen molar-refractivity contribution in [3.8, 4) is 0 Å². The molecule has 12 amide bonds. The topological polar surface area (TPSA) is 472 Å². The minimum Gasteiger partial charge on any atom is -0.481 e. The van der Waals surface area contributed by atoms with Gasteiger partial charge in [-0.1, -0.05) is 87.0 Å². The number of carboxylic acid groups (broad SMARTS) is 1. The van der Waals surface area contributed by atoms with Gasteiger partial charge in [0, 0.05) is 72.1 Å². The van der Waals surface area contributed by atoms with E-state index in [1.807, 2.05) is 30.3 Å². The molecule has 2 heterocycles. The summed E-state index contributed by atoms with van der Waals surface area (Å²) in [6.45, 7) is 6.66. The molecule has 29 nitrogen and oxygen atoms in total. The third-order valence-corrected chi connectivity index (χ3v) is 15.3. The number of rotatable bonds is 36. The van der Waals surface area contributed by atoms with E-state index in [0.29, 0.717) is 23.1 Å². The summed E-state index contributed by atoms with van der Waals surface area (Å²) in [6.07, 6.45) is 1.49. The standard InChI is InChI=1S/C61H81N15O14S/c1-6-31(2)51(61(90)69-34(5)55(84)70-42(20-22-48(63)77)56(85)71-43(21-23-50(79)80)57(86)72-44(52(64)81)24-35-14-8-7-9-15-35)76-49(78)29-67-54(83)33(4)68-58(87)45(25-36-27-65-40-18-12-10-16-38(36)40)73-59(88)46(26-37-28-66-41-19-13-11-17-39(37)41)74-60(89)47(30-91)75-53(82)32(3)62/h7-19,27-28,31-34,42-47,51,65-66,91H,6,20-26,29-30,62H2,1-5H3,(H2,63,77)(H2,64,81)(H,67,83)(H,68,87)(H,69,90)(H,70,84)(H,71,85)(H,72,86)(H,73,88)(H,74,89)(H,75,82)(H,76,78)(H,79,80)/t31?,32-,33-,34-,42-,43-,44-,45-,46-,47-,51-/m0/s1. The number of amides is 12. The molecule has 0 bridgehead atoms. The molecular weight excluding hydrogens is 1200 g/mol. The second kappa shape index (κ2) is 34.8. The van der Waals surface area contributed by atoms with E-state index in [0.717, 1.165) is 21.8 Å². The van der Waals surface area contributed by atoms with E-state index in [2.05, 4.69) is 75.8 Å². The molecule has 0 aliphatic carbocycles. The third-order valence-electron chi connectivity index (χ3n) is 15.0. The van der Waals surface area contributed by atoms with Crippen LogP contribution in [-0.2, 0) is 81.6 Å². The number of carboxylic acids is 1. The van der Waals surface area contributed by atoms with E-state index in [9.17, 15) is 67.4 Å². The molecule has 0 radical (unpaired) electrons. The molecule has 3 aromatic carbocycles. The van der Waals surface area contributed by atoms with Gasteiger partial charge in [0.05, 0.1) is 12.6 Å². The van der Waals surface area contributed by atoms with E-state index in [4.69, 9.17) is 17.2 Å². The van der Waals surface area contributed by atoms with E-state index in [1.165, 1.54) is 20.8 Å². The van der Waals surface area contributed by atoms with Gasteiger partial charge in [0.25, 0.3) is 0 Å². The largest absolute Gasteiger partial charge is 0.481 e. The van der Waals surface area contributed by atoms with Crippen molar-refractivity contribution in [1.82, 2.24) is 63.1 Å². The van der Waals surface area contributed by atoms with Gasteiger partial charge in [-0.05, 0) is 68.4 Å². The first-order valence-electron chi connectivity index (χ1n) is 29.5. The van der Waals surface area contributed by atoms with Crippen molar-refractivity contribution in [1.29, 1.82) is 0 Å². The number of benzene rings is 3. The second-order valence-electron chi connectivity index (χ2n) is 22.1. The van der Waals surface area contributed by atoms with Gasteiger partial charge in [-0.2, -0.15) is 12.6 Å². The fourth-order valence-corrected chi connectivity index (χ4v) is 9.76. The Morgan fingerprint density at radius 3 is 1.44 bits per heavy atom. The van der Waals surface area contributed by atoms with Crippen LogP contribution in [0.3, 0.4) is 0 Å². The number of carbonyl (C=O) groups is 13. The summed E-state index contributed by atoms with van der Waals surface area (Å²) < 4.78 is 0. The van der Waals surface area contributed by atoms with Gasteiger partial charge in [0.2, 0.25) is 70.9 Å². The molecule has 490 valence electrons. The van der Waals surface area contributed by atoms with Gasteiger partial charge in [0.1, 0.15) is 54.4 Å². The van der Waals surface area contributed by atoms with Crippen molar-refractivity contribution < 1.29 is 67.4 Å². The van der Waals surface area contributed by atoms with Gasteiger partial charge in [-0.25, -0.2) is 0 Å². The minimum atomic E-state index is -1.59. The maximum Gasteiger partial charge on any atom is 0.303 e. The summed E-state index contributed by atoms with van der Waals surface area (Å²) in [5.41, 5.74) is 20.0. The predicted octanol–water partition coefficient (Wildman–Crippen LogP) is -1.87. The minimum absolute atomic E-state index is 0.0376. The van der Waals surface area contributed by atoms with E-state index in [1.54, 1.807) is 74.8 Å². The van der Waals surface area contributed by atoms with Crippen molar-refractivity contribution in [3.05, 3.63) is 108 Å². The van der Waals surface area contributed by atoms with Crippen LogP contribution in [0.5, 0.6) is 0 Å². The van der Waals surface area contributed by atoms with Gasteiger partial charge in [-0.3, -0.25) is 62.3 Å². The average molecular weight is 1280 g/mol. The number of thiol groups is 1. The van der Waals surface area contributed by atoms with Crippen molar-refractivity contribution in [2.45, 2.75) is 146 Å². The summed E-state index contributed by atoms with van der Waals surface area (Å²) in [6, 6.07) is 9.56. The number of nitrogens with two attached hydrogens (primary N) is 3. The number of hydrogen-bond acceptors (Lipinski definition) is 15. The van der Waals surface area contributed by atoms with Crippen LogP contribution in [0.1, 0.15) is 83.4 Å². The van der Waals surface area contributed by atoms with Gasteiger partial charge in [-0.15, -0.1) is 0 Å². The number of nitrogens with one attached hydrogen (secondary N) is 12. The first kappa shape index (κ1) is 71.9. The Bertz CT molecular complexity index is 3430. The zero-order valence-electron chi connectivity index (χ0n) is 51.0. The Balaban J connectivity index is 1.25. The zero-order chi connectivity index (χ0) is 67.1. The Hall–Kier alpha value is -9.84. The maximum absolute atomic E-state index is 14.6. The molecule has 11 atom stereocenters. The lowest BCUT2D eigenvalue weighted by molar-refractivity contribution is -0.138. The van der Waals surface area contributed by atoms with Crippen LogP contribution in [0.2, 0.25) is 0 Å². The fraction of sp³-hybridized carbons (Fsp3) is 0.426. The molecule has 5 aromatic rings. The zero-order valence-corrected chi connectivity index (χ0v) is 51.9. The average Bonchev–Trinajstić information content (AvgIpc) is 1.81. The molecule has 91 heavy (non-hydrogen) atoms. The molecule has 0 aliphatic rings. The monoisotopic (exact) mass is 1280 g/mol. The number of fused-ring (bicyclic) bond motifs is 2. The first-order chi connectivity index (χ1) is 43.2. The summed E-state index contributed by atoms with van der Waals surface area (Å²) in [4.78, 5) is 179. The molecule has 0 saturated carbocycles. The molecule has 19 N–H and O–H groups in total. The van der Waals surface area contributed by atoms with Crippen LogP contribution in [0.25, 0.3) is 21.8 Å². The number of H-pyrrole nitrogens is 2. The predicted molar refractivity (Wildman–Crippen MR) is 337 cm³/mol. The van der Waals surface area contributed by atoms with Gasteiger partial charge < -0.3 is 85.4 Å². The van der Waals surface area contributed by atoms with Gasteiger partial charge >= 0.3 is 5.97 Å². The maximum atomic E-state index is 14.6. The van der Waals surface area contributed by atoms with Crippen LogP contribution in [0.4, 0.5) is 0 Å². The van der Waals surface area contributed by atoms with E-state index < -0.39 is 175 Å². The number of para-hydroxylation sites is 2. The highest BCUT2D eigenvalue weighted by Crippen LogP contribution is 2.22. The lowest BCUT2D eigenvalue weighted by Crippen LogP contribution is -2.60. The fourth-order valence-electron chi connectivity index (χ4n) is 9.50. The van der Waals surface area contributed by atoms with E-state index >= 15 is 0 Å². The lowest BCUT2D eigenvalue weighted by atomic mass is 9.98. The Morgan fingerprint density at radius 2 is 0.934 bits per heavy atom. The van der Waals surface area contributed by atoms with Crippen molar-refractivity contribution >= 4 is 111 Å².